The van der Waals surface area contributed by atoms with Crippen molar-refractivity contribution in [2.24, 2.45) is 0 Å². The minimum absolute atomic E-state index is 0.151. The molecule has 1 aliphatic heterocycles. The van der Waals surface area contributed by atoms with Crippen LogP contribution >= 0.6 is 0 Å². The number of allylic oxidation sites excluding steroid dienone is 1. The molecule has 2 heterocycles. The predicted octanol–water partition coefficient (Wildman–Crippen LogP) is 2.98. The molecule has 0 fully saturated rings. The van der Waals surface area contributed by atoms with Gasteiger partial charge in [-0.25, -0.2) is 4.98 Å². The molecule has 142 valence electrons. The summed E-state index contributed by atoms with van der Waals surface area (Å²) in [6.07, 6.45) is 11.8. The van der Waals surface area contributed by atoms with Gasteiger partial charge in [0.15, 0.2) is 5.82 Å². The van der Waals surface area contributed by atoms with Gasteiger partial charge in [-0.15, -0.1) is 0 Å². The molecular formula is C20H30N4O2. The summed E-state index contributed by atoms with van der Waals surface area (Å²) in [7, 11) is 0. The van der Waals surface area contributed by atoms with E-state index in [1.807, 2.05) is 11.5 Å². The Balaban J connectivity index is 1.68. The summed E-state index contributed by atoms with van der Waals surface area (Å²) >= 11 is 0. The minimum atomic E-state index is -0.179. The van der Waals surface area contributed by atoms with Crippen LogP contribution in [-0.2, 0) is 13.0 Å². The van der Waals surface area contributed by atoms with Crippen molar-refractivity contribution >= 4 is 11.8 Å². The molecule has 2 N–H and O–H groups in total. The lowest BCUT2D eigenvalue weighted by molar-refractivity contribution is 0.0937. The van der Waals surface area contributed by atoms with E-state index in [-0.39, 0.29) is 11.8 Å². The van der Waals surface area contributed by atoms with Crippen molar-refractivity contribution < 1.29 is 9.59 Å². The Labute approximate surface area is 155 Å². The first kappa shape index (κ1) is 18.7. The molecule has 0 saturated heterocycles. The van der Waals surface area contributed by atoms with Crippen LogP contribution in [0.5, 0.6) is 0 Å². The van der Waals surface area contributed by atoms with Gasteiger partial charge in [-0.05, 0) is 57.8 Å². The quantitative estimate of drug-likeness (QED) is 0.736. The lowest BCUT2D eigenvalue weighted by Crippen LogP contribution is -2.28. The number of amides is 2. The Morgan fingerprint density at radius 1 is 1.08 bits per heavy atom. The molecule has 0 saturated carbocycles. The fourth-order valence-corrected chi connectivity index (χ4v) is 3.77. The standard InChI is InChI=1S/C20H30N4O2/c1-2-12-21-20(26)18-23-17(16-10-6-7-14-24(16)18)19(25)22-13-11-15-8-4-3-5-9-15/h8H,2-7,9-14H2,1H3,(H,21,26)(H,22,25). The summed E-state index contributed by atoms with van der Waals surface area (Å²) in [4.78, 5) is 29.5. The largest absolute Gasteiger partial charge is 0.350 e. The van der Waals surface area contributed by atoms with E-state index in [1.165, 1.54) is 18.4 Å². The molecule has 2 aliphatic rings. The monoisotopic (exact) mass is 358 g/mol. The molecular weight excluding hydrogens is 328 g/mol. The number of hydrogen-bond acceptors (Lipinski definition) is 3. The lowest BCUT2D eigenvalue weighted by Gasteiger charge is -2.17. The molecule has 0 atom stereocenters. The van der Waals surface area contributed by atoms with E-state index in [0.717, 1.165) is 57.2 Å². The van der Waals surface area contributed by atoms with E-state index in [1.54, 1.807) is 0 Å². The molecule has 6 nitrogen and oxygen atoms in total. The van der Waals surface area contributed by atoms with Crippen molar-refractivity contribution in [2.45, 2.75) is 71.3 Å². The number of carbonyl (C=O) groups is 2. The van der Waals surface area contributed by atoms with E-state index in [0.29, 0.717) is 24.6 Å². The third-order valence-electron chi connectivity index (χ3n) is 5.19. The minimum Gasteiger partial charge on any atom is -0.350 e. The fraction of sp³-hybridized carbons (Fsp3) is 0.650. The molecule has 1 aromatic rings. The van der Waals surface area contributed by atoms with Crippen LogP contribution in [0.1, 0.15) is 85.1 Å². The van der Waals surface area contributed by atoms with Gasteiger partial charge in [0.2, 0.25) is 0 Å². The number of fused-ring (bicyclic) bond motifs is 1. The zero-order chi connectivity index (χ0) is 18.4. The highest BCUT2D eigenvalue weighted by Crippen LogP contribution is 2.22. The average Bonchev–Trinajstić information content (AvgIpc) is 3.07. The molecule has 0 spiro atoms. The number of rotatable bonds is 7. The Bertz CT molecular complexity index is 690. The summed E-state index contributed by atoms with van der Waals surface area (Å²) in [5, 5.41) is 5.88. The van der Waals surface area contributed by atoms with Crippen molar-refractivity contribution in [3.05, 3.63) is 28.9 Å². The highest BCUT2D eigenvalue weighted by molar-refractivity contribution is 5.97. The molecule has 3 rings (SSSR count). The first-order chi connectivity index (χ1) is 12.7. The summed E-state index contributed by atoms with van der Waals surface area (Å²) < 4.78 is 1.94. The van der Waals surface area contributed by atoms with Crippen molar-refractivity contribution in [2.75, 3.05) is 13.1 Å². The van der Waals surface area contributed by atoms with E-state index < -0.39 is 0 Å². The maximum absolute atomic E-state index is 12.7. The normalized spacial score (nSPS) is 16.6. The molecule has 0 unspecified atom stereocenters. The SMILES string of the molecule is CCCNC(=O)c1nc(C(=O)NCCC2=CCCCC2)c2n1CCCC2. The molecule has 6 heteroatoms. The molecule has 26 heavy (non-hydrogen) atoms. The molecule has 0 radical (unpaired) electrons. The molecule has 1 aliphatic carbocycles. The first-order valence-corrected chi connectivity index (χ1v) is 10.0. The number of nitrogens with one attached hydrogen (secondary N) is 2. The van der Waals surface area contributed by atoms with Crippen molar-refractivity contribution in [1.82, 2.24) is 20.2 Å². The first-order valence-electron chi connectivity index (χ1n) is 10.0. The van der Waals surface area contributed by atoms with Gasteiger partial charge in [0, 0.05) is 19.6 Å². The van der Waals surface area contributed by atoms with Crippen LogP contribution in [0.2, 0.25) is 0 Å². The van der Waals surface area contributed by atoms with Gasteiger partial charge >= 0.3 is 0 Å². The van der Waals surface area contributed by atoms with Gasteiger partial charge < -0.3 is 15.2 Å². The smallest absolute Gasteiger partial charge is 0.287 e. The topological polar surface area (TPSA) is 76.0 Å². The summed E-state index contributed by atoms with van der Waals surface area (Å²) in [5.41, 5.74) is 2.79. The van der Waals surface area contributed by atoms with Gasteiger partial charge in [0.05, 0.1) is 5.69 Å². The van der Waals surface area contributed by atoms with Crippen LogP contribution in [0.15, 0.2) is 11.6 Å². The van der Waals surface area contributed by atoms with Crippen LogP contribution in [0.3, 0.4) is 0 Å². The zero-order valence-corrected chi connectivity index (χ0v) is 15.8. The molecule has 2 amide bonds. The van der Waals surface area contributed by atoms with Crippen molar-refractivity contribution in [3.8, 4) is 0 Å². The zero-order valence-electron chi connectivity index (χ0n) is 15.8. The molecule has 0 bridgehead atoms. The number of aromatic nitrogens is 2. The lowest BCUT2D eigenvalue weighted by atomic mass is 9.97. The highest BCUT2D eigenvalue weighted by Gasteiger charge is 2.27. The van der Waals surface area contributed by atoms with Gasteiger partial charge in [0.1, 0.15) is 5.69 Å². The van der Waals surface area contributed by atoms with Gasteiger partial charge in [-0.2, -0.15) is 0 Å². The van der Waals surface area contributed by atoms with Gasteiger partial charge in [0.25, 0.3) is 11.8 Å². The van der Waals surface area contributed by atoms with Crippen LogP contribution in [0.25, 0.3) is 0 Å². The van der Waals surface area contributed by atoms with Crippen LogP contribution < -0.4 is 10.6 Å². The van der Waals surface area contributed by atoms with E-state index in [4.69, 9.17) is 0 Å². The second-order valence-corrected chi connectivity index (χ2v) is 7.21. The number of carbonyl (C=O) groups excluding carboxylic acids is 2. The second-order valence-electron chi connectivity index (χ2n) is 7.21. The number of nitrogens with zero attached hydrogens (tertiary/aromatic N) is 2. The van der Waals surface area contributed by atoms with E-state index in [9.17, 15) is 9.59 Å². The Morgan fingerprint density at radius 2 is 1.88 bits per heavy atom. The maximum Gasteiger partial charge on any atom is 0.287 e. The van der Waals surface area contributed by atoms with Crippen LogP contribution in [0, 0.1) is 0 Å². The fourth-order valence-electron chi connectivity index (χ4n) is 3.77. The number of imidazole rings is 1. The third kappa shape index (κ3) is 4.34. The van der Waals surface area contributed by atoms with Crippen LogP contribution in [0.4, 0.5) is 0 Å². The van der Waals surface area contributed by atoms with E-state index in [2.05, 4.69) is 21.7 Å². The predicted molar refractivity (Wildman–Crippen MR) is 101 cm³/mol. The van der Waals surface area contributed by atoms with Crippen molar-refractivity contribution in [3.63, 3.8) is 0 Å². The number of hydrogen-bond donors (Lipinski definition) is 2. The Hall–Kier alpha value is -2.11. The second kappa shape index (κ2) is 9.01. The van der Waals surface area contributed by atoms with Gasteiger partial charge in [-0.3, -0.25) is 9.59 Å². The third-order valence-corrected chi connectivity index (χ3v) is 5.19. The average molecular weight is 358 g/mol. The molecule has 1 aromatic heterocycles. The maximum atomic E-state index is 12.7. The van der Waals surface area contributed by atoms with E-state index >= 15 is 0 Å². The Morgan fingerprint density at radius 3 is 2.65 bits per heavy atom. The van der Waals surface area contributed by atoms with Crippen molar-refractivity contribution in [1.29, 1.82) is 0 Å². The summed E-state index contributed by atoms with van der Waals surface area (Å²) in [6.45, 7) is 4.03. The van der Waals surface area contributed by atoms with Gasteiger partial charge in [-0.1, -0.05) is 18.6 Å². The molecule has 0 aromatic carbocycles. The Kier molecular flexibility index (Phi) is 6.47. The van der Waals surface area contributed by atoms with Crippen LogP contribution in [-0.4, -0.2) is 34.5 Å². The summed E-state index contributed by atoms with van der Waals surface area (Å²) in [5.74, 6) is 0.0521. The summed E-state index contributed by atoms with van der Waals surface area (Å²) in [6, 6.07) is 0. The highest BCUT2D eigenvalue weighted by atomic mass is 16.2.